The van der Waals surface area contributed by atoms with Crippen molar-refractivity contribution >= 4 is 17.3 Å². The number of anilines is 2. The van der Waals surface area contributed by atoms with Crippen molar-refractivity contribution in [1.29, 1.82) is 5.26 Å². The molecule has 1 N–H and O–H groups in total. The Kier molecular flexibility index (Phi) is 5.53. The molecule has 0 radical (unpaired) electrons. The molecule has 1 amide bonds. The fraction of sp³-hybridized carbons (Fsp3) is 0.167. The summed E-state index contributed by atoms with van der Waals surface area (Å²) in [6, 6.07) is 24.3. The van der Waals surface area contributed by atoms with Crippen molar-refractivity contribution in [2.45, 2.75) is 13.1 Å². The van der Waals surface area contributed by atoms with Gasteiger partial charge >= 0.3 is 0 Å². The molecule has 6 heteroatoms. The van der Waals surface area contributed by atoms with E-state index in [1.54, 1.807) is 17.0 Å². The van der Waals surface area contributed by atoms with E-state index in [2.05, 4.69) is 5.32 Å². The van der Waals surface area contributed by atoms with Gasteiger partial charge in [0.2, 0.25) is 0 Å². The number of hydrogen-bond acceptors (Lipinski definition) is 5. The number of carbonyl (C=O) groups excluding carboxylic acids is 1. The zero-order chi connectivity index (χ0) is 20.9. The third kappa shape index (κ3) is 3.78. The summed E-state index contributed by atoms with van der Waals surface area (Å²) in [5, 5.41) is 12.2. The van der Waals surface area contributed by atoms with E-state index in [9.17, 15) is 4.79 Å². The van der Waals surface area contributed by atoms with Crippen LogP contribution >= 0.6 is 0 Å². The molecule has 1 aliphatic rings. The van der Waals surface area contributed by atoms with Gasteiger partial charge < -0.3 is 14.8 Å². The maximum atomic E-state index is 13.4. The Balaban J connectivity index is 1.72. The highest BCUT2D eigenvalue weighted by molar-refractivity contribution is 6.12. The van der Waals surface area contributed by atoms with E-state index >= 15 is 0 Å². The molecule has 1 aliphatic heterocycles. The number of rotatable bonds is 6. The molecule has 3 aromatic carbocycles. The zero-order valence-electron chi connectivity index (χ0n) is 16.5. The summed E-state index contributed by atoms with van der Waals surface area (Å²) in [5.41, 5.74) is 3.08. The van der Waals surface area contributed by atoms with Crippen LogP contribution in [0, 0.1) is 11.3 Å². The summed E-state index contributed by atoms with van der Waals surface area (Å²) >= 11 is 0. The van der Waals surface area contributed by atoms with Crippen LogP contribution in [-0.4, -0.2) is 19.1 Å². The first-order valence-corrected chi connectivity index (χ1v) is 9.73. The van der Waals surface area contributed by atoms with E-state index in [1.807, 2.05) is 73.7 Å². The third-order valence-electron chi connectivity index (χ3n) is 4.85. The summed E-state index contributed by atoms with van der Waals surface area (Å²) in [7, 11) is 0. The number of nitriles is 1. The lowest BCUT2D eigenvalue weighted by Gasteiger charge is -2.38. The molecule has 1 heterocycles. The Labute approximate surface area is 175 Å². The molecule has 150 valence electrons. The number of nitrogens with zero attached hydrogens (tertiary/aromatic N) is 2. The number of para-hydroxylation sites is 1. The quantitative estimate of drug-likeness (QED) is 0.647. The Morgan fingerprint density at radius 3 is 2.33 bits per heavy atom. The number of fused-ring (bicyclic) bond motifs is 1. The minimum Gasteiger partial charge on any atom is -0.494 e. The highest BCUT2D eigenvalue weighted by Gasteiger charge is 2.34. The first-order valence-electron chi connectivity index (χ1n) is 9.73. The van der Waals surface area contributed by atoms with Crippen LogP contribution in [0.1, 0.15) is 29.0 Å². The van der Waals surface area contributed by atoms with Crippen molar-refractivity contribution in [2.24, 2.45) is 0 Å². The van der Waals surface area contributed by atoms with Gasteiger partial charge in [0.25, 0.3) is 5.91 Å². The van der Waals surface area contributed by atoms with Gasteiger partial charge in [-0.1, -0.05) is 24.3 Å². The van der Waals surface area contributed by atoms with Gasteiger partial charge in [-0.15, -0.1) is 0 Å². The highest BCUT2D eigenvalue weighted by Crippen LogP contribution is 2.37. The van der Waals surface area contributed by atoms with E-state index in [0.29, 0.717) is 17.9 Å². The van der Waals surface area contributed by atoms with Gasteiger partial charge in [-0.25, -0.2) is 0 Å². The molecule has 0 bridgehead atoms. The Hall–Kier alpha value is -3.98. The van der Waals surface area contributed by atoms with Gasteiger partial charge in [-0.2, -0.15) is 5.26 Å². The second kappa shape index (κ2) is 8.58. The molecule has 0 saturated carbocycles. The van der Waals surface area contributed by atoms with Crippen LogP contribution in [0.4, 0.5) is 11.4 Å². The topological polar surface area (TPSA) is 74.6 Å². The smallest absolute Gasteiger partial charge is 0.262 e. The van der Waals surface area contributed by atoms with Crippen LogP contribution in [0.25, 0.3) is 0 Å². The molecule has 6 nitrogen and oxygen atoms in total. The lowest BCUT2D eigenvalue weighted by molar-refractivity contribution is 0.0975. The maximum Gasteiger partial charge on any atom is 0.262 e. The summed E-state index contributed by atoms with van der Waals surface area (Å²) < 4.78 is 10.9. The summed E-state index contributed by atoms with van der Waals surface area (Å²) in [4.78, 5) is 15.2. The first-order chi connectivity index (χ1) is 14.7. The number of benzene rings is 3. The third-order valence-corrected chi connectivity index (χ3v) is 4.85. The molecule has 0 aromatic heterocycles. The van der Waals surface area contributed by atoms with Crippen LogP contribution in [0.2, 0.25) is 0 Å². The molecule has 30 heavy (non-hydrogen) atoms. The van der Waals surface area contributed by atoms with Crippen molar-refractivity contribution in [3.63, 3.8) is 0 Å². The minimum atomic E-state index is -0.393. The Morgan fingerprint density at radius 1 is 0.967 bits per heavy atom. The zero-order valence-corrected chi connectivity index (χ0v) is 16.5. The van der Waals surface area contributed by atoms with Gasteiger partial charge in [0.15, 0.2) is 6.61 Å². The average Bonchev–Trinajstić information content (AvgIpc) is 2.79. The van der Waals surface area contributed by atoms with E-state index in [4.69, 9.17) is 14.7 Å². The molecule has 0 aliphatic carbocycles. The van der Waals surface area contributed by atoms with Crippen LogP contribution in [0.3, 0.4) is 0 Å². The van der Waals surface area contributed by atoms with E-state index in [1.165, 1.54) is 0 Å². The highest BCUT2D eigenvalue weighted by atomic mass is 16.5. The molecular formula is C24H21N3O3. The molecule has 3 aromatic rings. The number of carbonyl (C=O) groups is 1. The van der Waals surface area contributed by atoms with Crippen LogP contribution in [-0.2, 0) is 0 Å². The Bertz CT molecular complexity index is 1070. The molecule has 0 fully saturated rings. The van der Waals surface area contributed by atoms with Crippen LogP contribution in [0.15, 0.2) is 72.8 Å². The van der Waals surface area contributed by atoms with Gasteiger partial charge in [0.1, 0.15) is 23.7 Å². The monoisotopic (exact) mass is 399 g/mol. The second-order valence-corrected chi connectivity index (χ2v) is 6.71. The largest absolute Gasteiger partial charge is 0.494 e. The van der Waals surface area contributed by atoms with Crippen molar-refractivity contribution in [1.82, 2.24) is 0 Å². The molecule has 0 unspecified atom stereocenters. The number of amides is 1. The molecule has 1 atom stereocenters. The lowest BCUT2D eigenvalue weighted by atomic mass is 10.0. The lowest BCUT2D eigenvalue weighted by Crippen LogP contribution is -2.43. The van der Waals surface area contributed by atoms with Gasteiger partial charge in [-0.05, 0) is 61.0 Å². The van der Waals surface area contributed by atoms with Crippen LogP contribution < -0.4 is 19.7 Å². The van der Waals surface area contributed by atoms with Gasteiger partial charge in [0.05, 0.1) is 12.2 Å². The normalized spacial score (nSPS) is 15.0. The maximum absolute atomic E-state index is 13.4. The van der Waals surface area contributed by atoms with E-state index < -0.39 is 6.17 Å². The van der Waals surface area contributed by atoms with Crippen molar-refractivity contribution in [3.8, 4) is 17.6 Å². The molecule has 4 rings (SSSR count). The number of nitrogens with one attached hydrogen (secondary N) is 1. The fourth-order valence-corrected chi connectivity index (χ4v) is 3.48. The Morgan fingerprint density at radius 2 is 1.63 bits per heavy atom. The average molecular weight is 399 g/mol. The minimum absolute atomic E-state index is 0.00874. The molecule has 0 saturated heterocycles. The van der Waals surface area contributed by atoms with Crippen molar-refractivity contribution < 1.29 is 14.3 Å². The second-order valence-electron chi connectivity index (χ2n) is 6.71. The molecular weight excluding hydrogens is 378 g/mol. The first kappa shape index (κ1) is 19.3. The number of ether oxygens (including phenoxy) is 2. The number of hydrogen-bond donors (Lipinski definition) is 1. The van der Waals surface area contributed by atoms with Crippen molar-refractivity contribution in [2.75, 3.05) is 23.4 Å². The summed E-state index contributed by atoms with van der Waals surface area (Å²) in [6.45, 7) is 2.51. The molecule has 0 spiro atoms. The van der Waals surface area contributed by atoms with Crippen molar-refractivity contribution in [3.05, 3.63) is 83.9 Å². The standard InChI is InChI=1S/C24H21N3O3/c1-2-29-19-13-9-18(10-14-19)27-23(17-7-11-20(12-8-17)30-16-15-25)26-22-6-4-3-5-21(22)24(27)28/h3-14,23,26H,2,16H2,1H3/t23-/m0/s1. The van der Waals surface area contributed by atoms with E-state index in [0.717, 1.165) is 22.7 Å². The fourth-order valence-electron chi connectivity index (χ4n) is 3.48. The predicted octanol–water partition coefficient (Wildman–Crippen LogP) is 4.76. The summed E-state index contributed by atoms with van der Waals surface area (Å²) in [5.74, 6) is 1.29. The van der Waals surface area contributed by atoms with Gasteiger partial charge in [-0.3, -0.25) is 9.69 Å². The van der Waals surface area contributed by atoms with Crippen LogP contribution in [0.5, 0.6) is 11.5 Å². The van der Waals surface area contributed by atoms with Gasteiger partial charge in [0, 0.05) is 11.4 Å². The van der Waals surface area contributed by atoms with E-state index in [-0.39, 0.29) is 12.5 Å². The SMILES string of the molecule is CCOc1ccc(N2C(=O)c3ccccc3N[C@@H]2c2ccc(OCC#N)cc2)cc1. The summed E-state index contributed by atoms with van der Waals surface area (Å²) in [6.07, 6.45) is -0.393. The predicted molar refractivity (Wildman–Crippen MR) is 115 cm³/mol.